The van der Waals surface area contributed by atoms with Crippen LogP contribution in [-0.2, 0) is 4.74 Å². The van der Waals surface area contributed by atoms with E-state index in [0.29, 0.717) is 9.53 Å². The van der Waals surface area contributed by atoms with Gasteiger partial charge < -0.3 is 4.74 Å². The average molecular weight is 238 g/mol. The maximum absolute atomic E-state index is 5.57. The molecule has 1 saturated heterocycles. The summed E-state index contributed by atoms with van der Waals surface area (Å²) in [4.78, 5) is 0. The summed E-state index contributed by atoms with van der Waals surface area (Å²) in [6, 6.07) is 0. The quantitative estimate of drug-likeness (QED) is 0.464. The van der Waals surface area contributed by atoms with Crippen molar-refractivity contribution in [3.05, 3.63) is 0 Å². The summed E-state index contributed by atoms with van der Waals surface area (Å²) in [6.07, 6.45) is 5.98. The first-order valence-corrected chi connectivity index (χ1v) is 4.70. The van der Waals surface area contributed by atoms with Crippen molar-refractivity contribution in [3.8, 4) is 0 Å². The van der Waals surface area contributed by atoms with Crippen LogP contribution in [0.2, 0.25) is 0 Å². The Balaban J connectivity index is 2.17. The molecule has 0 radical (unpaired) electrons. The monoisotopic (exact) mass is 238 g/mol. The van der Waals surface area contributed by atoms with Crippen LogP contribution >= 0.6 is 22.6 Å². The summed E-state index contributed by atoms with van der Waals surface area (Å²) >= 11 is 2.59. The van der Waals surface area contributed by atoms with Crippen LogP contribution in [0.5, 0.6) is 0 Å². The zero-order valence-electron chi connectivity index (χ0n) is 5.40. The lowest BCUT2D eigenvalue weighted by Crippen LogP contribution is -2.24. The third-order valence-electron chi connectivity index (χ3n) is 2.47. The van der Waals surface area contributed by atoms with Crippen LogP contribution in [0, 0.1) is 0 Å². The molecule has 2 aliphatic rings. The summed E-state index contributed by atoms with van der Waals surface area (Å²) in [6.45, 7) is 1.01. The molecule has 0 spiro atoms. The fourth-order valence-electron chi connectivity index (χ4n) is 1.89. The number of halogens is 1. The topological polar surface area (TPSA) is 9.23 Å². The molecule has 2 rings (SSSR count). The van der Waals surface area contributed by atoms with E-state index in [0.717, 1.165) is 6.61 Å². The predicted octanol–water partition coefficient (Wildman–Crippen LogP) is 2.13. The molecule has 9 heavy (non-hydrogen) atoms. The lowest BCUT2D eigenvalue weighted by Gasteiger charge is -2.18. The van der Waals surface area contributed by atoms with Gasteiger partial charge in [-0.25, -0.2) is 0 Å². The smallest absolute Gasteiger partial charge is 0.0721 e. The fraction of sp³-hybridized carbons (Fsp3) is 1.00. The molecule has 0 aromatic rings. The number of hydrogen-bond donors (Lipinski definition) is 0. The molecule has 2 heteroatoms. The first-order chi connectivity index (χ1) is 4.31. The third-order valence-corrected chi connectivity index (χ3v) is 4.25. The van der Waals surface area contributed by atoms with E-state index in [9.17, 15) is 0 Å². The normalized spacial score (nSPS) is 49.7. The van der Waals surface area contributed by atoms with E-state index < -0.39 is 0 Å². The standard InChI is InChI=1S/C7H11IO/c8-7-3-1-2-6(7)9-5-4-7/h6H,1-5H2/t6-,7+/m1/s1. The average Bonchev–Trinajstić information content (AvgIpc) is 2.22. The summed E-state index contributed by atoms with van der Waals surface area (Å²) in [5.74, 6) is 0. The van der Waals surface area contributed by atoms with Gasteiger partial charge in [0.05, 0.1) is 9.53 Å². The summed E-state index contributed by atoms with van der Waals surface area (Å²) in [5.41, 5.74) is 0. The van der Waals surface area contributed by atoms with Gasteiger partial charge in [0.1, 0.15) is 0 Å². The molecule has 1 aliphatic heterocycles. The Morgan fingerprint density at radius 2 is 2.33 bits per heavy atom. The van der Waals surface area contributed by atoms with Crippen LogP contribution in [0.1, 0.15) is 25.7 Å². The SMILES string of the molecule is I[C@]12CCC[C@H]1OCC2. The van der Waals surface area contributed by atoms with Crippen LogP contribution in [0.3, 0.4) is 0 Å². The van der Waals surface area contributed by atoms with Crippen LogP contribution in [0.25, 0.3) is 0 Å². The Morgan fingerprint density at radius 1 is 1.44 bits per heavy atom. The molecule has 1 heterocycles. The van der Waals surface area contributed by atoms with Crippen molar-refractivity contribution in [1.29, 1.82) is 0 Å². The Labute approximate surface area is 69.3 Å². The fourth-order valence-corrected chi connectivity index (χ4v) is 2.98. The first kappa shape index (κ1) is 6.40. The molecule has 0 aromatic carbocycles. The summed E-state index contributed by atoms with van der Waals surface area (Å²) in [5, 5.41) is 0. The molecule has 0 aromatic heterocycles. The van der Waals surface area contributed by atoms with Crippen molar-refractivity contribution >= 4 is 22.6 Å². The highest BCUT2D eigenvalue weighted by molar-refractivity contribution is 14.1. The van der Waals surface area contributed by atoms with E-state index in [1.807, 2.05) is 0 Å². The number of ether oxygens (including phenoxy) is 1. The maximum atomic E-state index is 5.57. The second kappa shape index (κ2) is 2.09. The minimum Gasteiger partial charge on any atom is -0.377 e. The summed E-state index contributed by atoms with van der Waals surface area (Å²) < 4.78 is 6.13. The van der Waals surface area contributed by atoms with Crippen molar-refractivity contribution in [2.75, 3.05) is 6.61 Å². The highest BCUT2D eigenvalue weighted by Crippen LogP contribution is 2.46. The van der Waals surface area contributed by atoms with E-state index in [1.165, 1.54) is 25.7 Å². The van der Waals surface area contributed by atoms with Gasteiger partial charge in [0.2, 0.25) is 0 Å². The minimum atomic E-state index is 0.553. The predicted molar refractivity (Wildman–Crippen MR) is 45.0 cm³/mol. The highest BCUT2D eigenvalue weighted by atomic mass is 127. The van der Waals surface area contributed by atoms with Crippen molar-refractivity contribution < 1.29 is 4.74 Å². The Kier molecular flexibility index (Phi) is 1.49. The second-order valence-electron chi connectivity index (χ2n) is 3.04. The van der Waals surface area contributed by atoms with Crippen LogP contribution in [-0.4, -0.2) is 16.1 Å². The number of alkyl halides is 1. The molecule has 52 valence electrons. The first-order valence-electron chi connectivity index (χ1n) is 3.62. The molecular formula is C7H11IO. The van der Waals surface area contributed by atoms with E-state index in [2.05, 4.69) is 22.6 Å². The number of rotatable bonds is 0. The molecule has 0 amide bonds. The van der Waals surface area contributed by atoms with Crippen molar-refractivity contribution in [2.45, 2.75) is 35.2 Å². The van der Waals surface area contributed by atoms with Gasteiger partial charge in [-0.05, 0) is 25.7 Å². The largest absolute Gasteiger partial charge is 0.377 e. The van der Waals surface area contributed by atoms with Gasteiger partial charge in [-0.3, -0.25) is 0 Å². The van der Waals surface area contributed by atoms with Gasteiger partial charge in [0.25, 0.3) is 0 Å². The van der Waals surface area contributed by atoms with E-state index >= 15 is 0 Å². The zero-order valence-corrected chi connectivity index (χ0v) is 7.56. The number of fused-ring (bicyclic) bond motifs is 1. The zero-order chi connectivity index (χ0) is 6.32. The second-order valence-corrected chi connectivity index (χ2v) is 5.18. The highest BCUT2D eigenvalue weighted by Gasteiger charge is 2.45. The van der Waals surface area contributed by atoms with Gasteiger partial charge >= 0.3 is 0 Å². The van der Waals surface area contributed by atoms with Gasteiger partial charge in [-0.1, -0.05) is 22.6 Å². The van der Waals surface area contributed by atoms with Gasteiger partial charge in [-0.15, -0.1) is 0 Å². The molecule has 1 aliphatic carbocycles. The van der Waals surface area contributed by atoms with Gasteiger partial charge in [0, 0.05) is 6.61 Å². The molecule has 2 atom stereocenters. The summed E-state index contributed by atoms with van der Waals surface area (Å²) in [7, 11) is 0. The van der Waals surface area contributed by atoms with Gasteiger partial charge in [0.15, 0.2) is 0 Å². The lowest BCUT2D eigenvalue weighted by atomic mass is 10.1. The van der Waals surface area contributed by atoms with Crippen LogP contribution in [0.4, 0.5) is 0 Å². The Bertz CT molecular complexity index is 114. The third kappa shape index (κ3) is 0.909. The van der Waals surface area contributed by atoms with Crippen LogP contribution in [0.15, 0.2) is 0 Å². The Hall–Kier alpha value is 0.690. The van der Waals surface area contributed by atoms with Crippen LogP contribution < -0.4 is 0 Å². The molecule has 0 bridgehead atoms. The molecule has 2 fully saturated rings. The van der Waals surface area contributed by atoms with E-state index in [1.54, 1.807) is 0 Å². The van der Waals surface area contributed by atoms with E-state index in [4.69, 9.17) is 4.74 Å². The molecule has 0 unspecified atom stereocenters. The van der Waals surface area contributed by atoms with Gasteiger partial charge in [-0.2, -0.15) is 0 Å². The minimum absolute atomic E-state index is 0.553. The molecule has 0 N–H and O–H groups in total. The molecule has 1 nitrogen and oxygen atoms in total. The van der Waals surface area contributed by atoms with E-state index in [-0.39, 0.29) is 0 Å². The maximum Gasteiger partial charge on any atom is 0.0721 e. The lowest BCUT2D eigenvalue weighted by molar-refractivity contribution is 0.110. The molecule has 1 saturated carbocycles. The molecular weight excluding hydrogens is 227 g/mol. The van der Waals surface area contributed by atoms with Crippen molar-refractivity contribution in [1.82, 2.24) is 0 Å². The number of hydrogen-bond acceptors (Lipinski definition) is 1. The van der Waals surface area contributed by atoms with Crippen molar-refractivity contribution in [3.63, 3.8) is 0 Å². The Morgan fingerprint density at radius 3 is 3.11 bits per heavy atom. The van der Waals surface area contributed by atoms with Crippen molar-refractivity contribution in [2.24, 2.45) is 0 Å².